The quantitative estimate of drug-likeness (QED) is 0.843. The molecule has 1 unspecified atom stereocenters. The predicted octanol–water partition coefficient (Wildman–Crippen LogP) is 4.77. The molecular formula is C21H26N2O2S. The third-order valence-electron chi connectivity index (χ3n) is 5.26. The molecule has 2 aliphatic heterocycles. The van der Waals surface area contributed by atoms with Crippen LogP contribution in [0.1, 0.15) is 48.6 Å². The first kappa shape index (κ1) is 17.6. The molecule has 3 heterocycles. The van der Waals surface area contributed by atoms with Gasteiger partial charge in [0.1, 0.15) is 6.10 Å². The van der Waals surface area contributed by atoms with Gasteiger partial charge in [0.2, 0.25) is 5.91 Å². The Morgan fingerprint density at radius 2 is 1.96 bits per heavy atom. The van der Waals surface area contributed by atoms with Gasteiger partial charge in [-0.3, -0.25) is 4.79 Å². The highest BCUT2D eigenvalue weighted by molar-refractivity contribution is 7.10. The minimum Gasteiger partial charge on any atom is -0.372 e. The largest absolute Gasteiger partial charge is 0.372 e. The second kappa shape index (κ2) is 8.23. The number of hydrogen-bond donors (Lipinski definition) is 1. The van der Waals surface area contributed by atoms with Crippen LogP contribution < -0.4 is 10.2 Å². The number of para-hydroxylation sites is 2. The van der Waals surface area contributed by atoms with E-state index in [0.29, 0.717) is 13.0 Å². The zero-order chi connectivity index (χ0) is 17.8. The van der Waals surface area contributed by atoms with Crippen LogP contribution in [0.15, 0.2) is 35.7 Å². The van der Waals surface area contributed by atoms with Crippen molar-refractivity contribution in [2.45, 2.75) is 44.6 Å². The average Bonchev–Trinajstić information content (AvgIpc) is 2.98. The van der Waals surface area contributed by atoms with Gasteiger partial charge in [-0.05, 0) is 48.4 Å². The molecule has 1 aromatic heterocycles. The summed E-state index contributed by atoms with van der Waals surface area (Å²) in [7, 11) is 0. The van der Waals surface area contributed by atoms with E-state index < -0.39 is 0 Å². The molecule has 138 valence electrons. The van der Waals surface area contributed by atoms with Crippen LogP contribution in [0.3, 0.4) is 0 Å². The van der Waals surface area contributed by atoms with Crippen molar-refractivity contribution in [3.63, 3.8) is 0 Å². The lowest BCUT2D eigenvalue weighted by Gasteiger charge is -2.26. The maximum Gasteiger partial charge on any atom is 0.227 e. The summed E-state index contributed by atoms with van der Waals surface area (Å²) >= 11 is 1.70. The Balaban J connectivity index is 1.45. The summed E-state index contributed by atoms with van der Waals surface area (Å²) in [5, 5.41) is 5.24. The highest BCUT2D eigenvalue weighted by Gasteiger charge is 2.25. The number of thiophene rings is 1. The summed E-state index contributed by atoms with van der Waals surface area (Å²) in [4.78, 5) is 16.3. The normalized spacial score (nSPS) is 20.3. The molecule has 0 radical (unpaired) electrons. The molecule has 1 atom stereocenters. The molecule has 2 aromatic rings. The summed E-state index contributed by atoms with van der Waals surface area (Å²) in [6.07, 6.45) is 6.26. The van der Waals surface area contributed by atoms with E-state index in [1.807, 2.05) is 12.1 Å². The minimum absolute atomic E-state index is 0.0264. The fourth-order valence-electron chi connectivity index (χ4n) is 3.91. The van der Waals surface area contributed by atoms with E-state index in [4.69, 9.17) is 4.74 Å². The van der Waals surface area contributed by atoms with E-state index in [0.717, 1.165) is 30.9 Å². The van der Waals surface area contributed by atoms with Crippen LogP contribution in [0, 0.1) is 0 Å². The Hall–Kier alpha value is -1.85. The van der Waals surface area contributed by atoms with Crippen LogP contribution in [0.5, 0.6) is 0 Å². The van der Waals surface area contributed by atoms with Gasteiger partial charge in [-0.1, -0.05) is 25.0 Å². The maximum atomic E-state index is 12.7. The molecule has 4 rings (SSSR count). The SMILES string of the molecule is O=C(CC1OCCc2ccsc21)Nc1ccccc1N1CCCCCC1. The van der Waals surface area contributed by atoms with Gasteiger partial charge >= 0.3 is 0 Å². The Kier molecular flexibility index (Phi) is 5.56. The molecule has 0 bridgehead atoms. The standard InChI is InChI=1S/C21H26N2O2S/c24-20(15-19-21-16(9-13-25-19)10-14-26-21)22-17-7-3-4-8-18(17)23-11-5-1-2-6-12-23/h3-4,7-8,10,14,19H,1-2,5-6,9,11-13,15H2,(H,22,24). The molecule has 5 heteroatoms. The molecule has 1 fully saturated rings. The van der Waals surface area contributed by atoms with E-state index in [-0.39, 0.29) is 12.0 Å². The van der Waals surface area contributed by atoms with Crippen molar-refractivity contribution in [1.82, 2.24) is 0 Å². The van der Waals surface area contributed by atoms with Crippen LogP contribution >= 0.6 is 11.3 Å². The molecule has 1 N–H and O–H groups in total. The van der Waals surface area contributed by atoms with E-state index in [2.05, 4.69) is 33.8 Å². The lowest BCUT2D eigenvalue weighted by Crippen LogP contribution is -2.26. The Morgan fingerprint density at radius 1 is 1.15 bits per heavy atom. The molecule has 0 spiro atoms. The molecule has 0 saturated carbocycles. The van der Waals surface area contributed by atoms with E-state index >= 15 is 0 Å². The Morgan fingerprint density at radius 3 is 2.81 bits per heavy atom. The summed E-state index contributed by atoms with van der Waals surface area (Å²) < 4.78 is 5.87. The Bertz CT molecular complexity index is 750. The smallest absolute Gasteiger partial charge is 0.227 e. The summed E-state index contributed by atoms with van der Waals surface area (Å²) in [6.45, 7) is 2.83. The summed E-state index contributed by atoms with van der Waals surface area (Å²) in [5.41, 5.74) is 3.40. The van der Waals surface area contributed by atoms with Crippen LogP contribution in [0.25, 0.3) is 0 Å². The van der Waals surface area contributed by atoms with Gasteiger partial charge in [-0.25, -0.2) is 0 Å². The molecular weight excluding hydrogens is 344 g/mol. The zero-order valence-corrected chi connectivity index (χ0v) is 15.9. The second-order valence-corrected chi connectivity index (χ2v) is 8.04. The minimum atomic E-state index is -0.107. The van der Waals surface area contributed by atoms with Crippen molar-refractivity contribution in [3.05, 3.63) is 46.2 Å². The highest BCUT2D eigenvalue weighted by Crippen LogP contribution is 2.34. The van der Waals surface area contributed by atoms with Gasteiger partial charge in [-0.15, -0.1) is 11.3 Å². The van der Waals surface area contributed by atoms with Gasteiger partial charge in [0.05, 0.1) is 24.4 Å². The molecule has 0 aliphatic carbocycles. The third-order valence-corrected chi connectivity index (χ3v) is 6.31. The van der Waals surface area contributed by atoms with Crippen molar-refractivity contribution >= 4 is 28.6 Å². The van der Waals surface area contributed by atoms with Crippen LogP contribution in [-0.4, -0.2) is 25.6 Å². The number of ether oxygens (including phenoxy) is 1. The van der Waals surface area contributed by atoms with Crippen LogP contribution in [0.4, 0.5) is 11.4 Å². The fourth-order valence-corrected chi connectivity index (χ4v) is 4.91. The molecule has 1 amide bonds. The number of nitrogens with zero attached hydrogens (tertiary/aromatic N) is 1. The predicted molar refractivity (Wildman–Crippen MR) is 107 cm³/mol. The second-order valence-electron chi connectivity index (χ2n) is 7.09. The maximum absolute atomic E-state index is 12.7. The zero-order valence-electron chi connectivity index (χ0n) is 15.1. The van der Waals surface area contributed by atoms with E-state index in [9.17, 15) is 4.79 Å². The summed E-state index contributed by atoms with van der Waals surface area (Å²) in [5.74, 6) is 0.0264. The number of rotatable bonds is 4. The topological polar surface area (TPSA) is 41.6 Å². The number of amides is 1. The molecule has 4 nitrogen and oxygen atoms in total. The molecule has 1 saturated heterocycles. The average molecular weight is 371 g/mol. The van der Waals surface area contributed by atoms with Crippen LogP contribution in [0.2, 0.25) is 0 Å². The van der Waals surface area contributed by atoms with Crippen molar-refractivity contribution in [2.24, 2.45) is 0 Å². The lowest BCUT2D eigenvalue weighted by molar-refractivity contribution is -0.119. The number of benzene rings is 1. The fraction of sp³-hybridized carbons (Fsp3) is 0.476. The first-order valence-corrected chi connectivity index (χ1v) is 10.5. The van der Waals surface area contributed by atoms with Crippen molar-refractivity contribution in [1.29, 1.82) is 0 Å². The monoisotopic (exact) mass is 370 g/mol. The number of carbonyl (C=O) groups excluding carboxylic acids is 1. The molecule has 26 heavy (non-hydrogen) atoms. The molecule has 2 aliphatic rings. The number of carbonyl (C=O) groups is 1. The first-order valence-electron chi connectivity index (χ1n) is 9.63. The van der Waals surface area contributed by atoms with Crippen LogP contribution in [-0.2, 0) is 16.0 Å². The third kappa shape index (κ3) is 3.94. The van der Waals surface area contributed by atoms with E-state index in [1.54, 1.807) is 11.3 Å². The van der Waals surface area contributed by atoms with E-state index in [1.165, 1.54) is 36.1 Å². The Labute approximate surface area is 159 Å². The first-order chi connectivity index (χ1) is 12.8. The number of fused-ring (bicyclic) bond motifs is 1. The number of nitrogens with one attached hydrogen (secondary N) is 1. The van der Waals surface area contributed by atoms with Gasteiger partial charge in [0.15, 0.2) is 0 Å². The van der Waals surface area contributed by atoms with Gasteiger partial charge < -0.3 is 15.0 Å². The van der Waals surface area contributed by atoms with Gasteiger partial charge in [0.25, 0.3) is 0 Å². The van der Waals surface area contributed by atoms with Crippen molar-refractivity contribution in [3.8, 4) is 0 Å². The number of anilines is 2. The molecule has 1 aromatic carbocycles. The highest BCUT2D eigenvalue weighted by atomic mass is 32.1. The number of hydrogen-bond acceptors (Lipinski definition) is 4. The van der Waals surface area contributed by atoms with Gasteiger partial charge in [-0.2, -0.15) is 0 Å². The van der Waals surface area contributed by atoms with Crippen molar-refractivity contribution < 1.29 is 9.53 Å². The van der Waals surface area contributed by atoms with Gasteiger partial charge in [0, 0.05) is 18.0 Å². The summed E-state index contributed by atoms with van der Waals surface area (Å²) in [6, 6.07) is 10.3. The van der Waals surface area contributed by atoms with Crippen molar-refractivity contribution in [2.75, 3.05) is 29.9 Å². The lowest BCUT2D eigenvalue weighted by atomic mass is 10.1.